The number of esters is 1. The van der Waals surface area contributed by atoms with Gasteiger partial charge in [-0.3, -0.25) is 4.79 Å². The SMILES string of the molecule is COC(=O)C1=NOC2(CCC(=O)C=C2OC)C1. The van der Waals surface area contributed by atoms with E-state index in [-0.39, 0.29) is 17.9 Å². The van der Waals surface area contributed by atoms with Crippen molar-refractivity contribution < 1.29 is 23.9 Å². The molecule has 1 aliphatic carbocycles. The molecule has 1 unspecified atom stereocenters. The quantitative estimate of drug-likeness (QED) is 0.658. The zero-order valence-electron chi connectivity index (χ0n) is 9.69. The number of oxime groups is 1. The van der Waals surface area contributed by atoms with E-state index in [1.165, 1.54) is 20.3 Å². The van der Waals surface area contributed by atoms with Crippen LogP contribution in [-0.2, 0) is 23.9 Å². The minimum Gasteiger partial charge on any atom is -0.497 e. The fourth-order valence-corrected chi connectivity index (χ4v) is 2.01. The van der Waals surface area contributed by atoms with Crippen molar-refractivity contribution in [2.24, 2.45) is 5.16 Å². The highest BCUT2D eigenvalue weighted by molar-refractivity contribution is 6.37. The molecule has 92 valence electrons. The molecular formula is C11H13NO5. The van der Waals surface area contributed by atoms with Gasteiger partial charge < -0.3 is 14.3 Å². The third kappa shape index (κ3) is 1.90. The number of ketones is 1. The zero-order chi connectivity index (χ0) is 12.5. The maximum absolute atomic E-state index is 11.3. The first kappa shape index (κ1) is 11.6. The first-order valence-corrected chi connectivity index (χ1v) is 5.23. The lowest BCUT2D eigenvalue weighted by molar-refractivity contribution is -0.132. The molecule has 2 rings (SSSR count). The van der Waals surface area contributed by atoms with Crippen LogP contribution in [0, 0.1) is 0 Å². The molecule has 17 heavy (non-hydrogen) atoms. The van der Waals surface area contributed by atoms with E-state index < -0.39 is 11.6 Å². The monoisotopic (exact) mass is 239 g/mol. The highest BCUT2D eigenvalue weighted by Gasteiger charge is 2.48. The largest absolute Gasteiger partial charge is 0.497 e. The molecule has 0 bridgehead atoms. The second-order valence-electron chi connectivity index (χ2n) is 3.97. The third-order valence-corrected chi connectivity index (χ3v) is 2.94. The van der Waals surface area contributed by atoms with E-state index in [9.17, 15) is 9.59 Å². The number of carbonyl (C=O) groups is 2. The minimum absolute atomic E-state index is 0.0115. The summed E-state index contributed by atoms with van der Waals surface area (Å²) >= 11 is 0. The second kappa shape index (κ2) is 4.20. The fraction of sp³-hybridized carbons (Fsp3) is 0.545. The highest BCUT2D eigenvalue weighted by atomic mass is 16.7. The van der Waals surface area contributed by atoms with Gasteiger partial charge in [-0.1, -0.05) is 5.16 Å². The van der Waals surface area contributed by atoms with Crippen LogP contribution in [0.2, 0.25) is 0 Å². The fourth-order valence-electron chi connectivity index (χ4n) is 2.01. The van der Waals surface area contributed by atoms with Crippen LogP contribution < -0.4 is 0 Å². The van der Waals surface area contributed by atoms with Crippen LogP contribution in [0.4, 0.5) is 0 Å². The van der Waals surface area contributed by atoms with Gasteiger partial charge in [0.05, 0.1) is 20.6 Å². The van der Waals surface area contributed by atoms with Gasteiger partial charge in [-0.2, -0.15) is 0 Å². The maximum Gasteiger partial charge on any atom is 0.356 e. The molecule has 6 nitrogen and oxygen atoms in total. The molecular weight excluding hydrogens is 226 g/mol. The Labute approximate surface area is 98.2 Å². The number of hydrogen-bond acceptors (Lipinski definition) is 6. The molecule has 0 aromatic heterocycles. The van der Waals surface area contributed by atoms with Crippen LogP contribution in [0.1, 0.15) is 19.3 Å². The Balaban J connectivity index is 2.21. The number of carbonyl (C=O) groups excluding carboxylic acids is 2. The standard InChI is InChI=1S/C11H13NO5/c1-15-9-5-7(13)3-4-11(9)6-8(12-17-11)10(14)16-2/h5H,3-4,6H2,1-2H3. The lowest BCUT2D eigenvalue weighted by atomic mass is 9.84. The van der Waals surface area contributed by atoms with Gasteiger partial charge in [-0.25, -0.2) is 4.79 Å². The molecule has 0 saturated carbocycles. The normalized spacial score (nSPS) is 27.3. The lowest BCUT2D eigenvalue weighted by Crippen LogP contribution is -2.37. The van der Waals surface area contributed by atoms with Gasteiger partial charge in [0.2, 0.25) is 0 Å². The van der Waals surface area contributed by atoms with Crippen molar-refractivity contribution in [1.82, 2.24) is 0 Å². The molecule has 6 heteroatoms. The topological polar surface area (TPSA) is 74.2 Å². The Morgan fingerprint density at radius 3 is 2.94 bits per heavy atom. The number of ether oxygens (including phenoxy) is 2. The maximum atomic E-state index is 11.3. The van der Waals surface area contributed by atoms with Crippen molar-refractivity contribution in [3.05, 3.63) is 11.8 Å². The van der Waals surface area contributed by atoms with Gasteiger partial charge in [0.1, 0.15) is 5.76 Å². The van der Waals surface area contributed by atoms with Gasteiger partial charge in [-0.15, -0.1) is 0 Å². The Hall–Kier alpha value is -1.85. The zero-order valence-corrected chi connectivity index (χ0v) is 9.69. The van der Waals surface area contributed by atoms with Crippen molar-refractivity contribution in [3.63, 3.8) is 0 Å². The van der Waals surface area contributed by atoms with Crippen LogP contribution in [0.25, 0.3) is 0 Å². The van der Waals surface area contributed by atoms with Gasteiger partial charge in [0.15, 0.2) is 17.1 Å². The molecule has 2 aliphatic rings. The molecule has 1 atom stereocenters. The van der Waals surface area contributed by atoms with E-state index in [1.807, 2.05) is 0 Å². The van der Waals surface area contributed by atoms with E-state index >= 15 is 0 Å². The van der Waals surface area contributed by atoms with E-state index in [4.69, 9.17) is 9.57 Å². The summed E-state index contributed by atoms with van der Waals surface area (Å²) in [5.74, 6) is -0.117. The molecule has 0 N–H and O–H groups in total. The van der Waals surface area contributed by atoms with Crippen molar-refractivity contribution >= 4 is 17.5 Å². The molecule has 0 saturated heterocycles. The second-order valence-corrected chi connectivity index (χ2v) is 3.97. The summed E-state index contributed by atoms with van der Waals surface area (Å²) in [6.07, 6.45) is 2.48. The van der Waals surface area contributed by atoms with E-state index in [1.54, 1.807) is 0 Å². The number of hydrogen-bond donors (Lipinski definition) is 0. The summed E-state index contributed by atoms with van der Waals surface area (Å²) in [4.78, 5) is 28.0. The van der Waals surface area contributed by atoms with Crippen LogP contribution in [-0.4, -0.2) is 37.3 Å². The van der Waals surface area contributed by atoms with Crippen molar-refractivity contribution in [2.75, 3.05) is 14.2 Å². The van der Waals surface area contributed by atoms with Gasteiger partial charge in [0.25, 0.3) is 0 Å². The average Bonchev–Trinajstić information content (AvgIpc) is 2.77. The highest BCUT2D eigenvalue weighted by Crippen LogP contribution is 2.39. The first-order valence-electron chi connectivity index (χ1n) is 5.23. The average molecular weight is 239 g/mol. The molecule has 1 aliphatic heterocycles. The van der Waals surface area contributed by atoms with Gasteiger partial charge >= 0.3 is 5.97 Å². The molecule has 0 amide bonds. The summed E-state index contributed by atoms with van der Waals surface area (Å²) < 4.78 is 9.73. The van der Waals surface area contributed by atoms with Gasteiger partial charge in [-0.05, 0) is 0 Å². The summed E-state index contributed by atoms with van der Waals surface area (Å²) in [5, 5.41) is 3.72. The minimum atomic E-state index is -0.813. The van der Waals surface area contributed by atoms with Crippen LogP contribution >= 0.6 is 0 Å². The van der Waals surface area contributed by atoms with E-state index in [2.05, 4.69) is 9.89 Å². The first-order chi connectivity index (χ1) is 8.11. The predicted molar refractivity (Wildman–Crippen MR) is 57.2 cm³/mol. The number of methoxy groups -OCH3 is 2. The van der Waals surface area contributed by atoms with Crippen LogP contribution in [0.15, 0.2) is 17.0 Å². The summed E-state index contributed by atoms with van der Waals surface area (Å²) in [7, 11) is 2.75. The Morgan fingerprint density at radius 2 is 2.29 bits per heavy atom. The number of allylic oxidation sites excluding steroid dienone is 1. The predicted octanol–water partition coefficient (Wildman–Crippen LogP) is 0.568. The molecule has 0 aromatic carbocycles. The van der Waals surface area contributed by atoms with E-state index in [0.717, 1.165) is 0 Å². The number of rotatable bonds is 2. The van der Waals surface area contributed by atoms with Crippen LogP contribution in [0.5, 0.6) is 0 Å². The molecule has 1 spiro atoms. The summed E-state index contributed by atoms with van der Waals surface area (Å²) in [6.45, 7) is 0. The van der Waals surface area contributed by atoms with Gasteiger partial charge in [0, 0.05) is 18.9 Å². The Kier molecular flexibility index (Phi) is 2.87. The smallest absolute Gasteiger partial charge is 0.356 e. The number of nitrogens with zero attached hydrogens (tertiary/aromatic N) is 1. The van der Waals surface area contributed by atoms with E-state index in [0.29, 0.717) is 18.6 Å². The Bertz CT molecular complexity index is 426. The third-order valence-electron chi connectivity index (χ3n) is 2.94. The summed E-state index contributed by atoms with van der Waals surface area (Å²) in [5.41, 5.74) is -0.601. The Morgan fingerprint density at radius 1 is 1.53 bits per heavy atom. The molecule has 0 fully saturated rings. The van der Waals surface area contributed by atoms with Crippen molar-refractivity contribution in [3.8, 4) is 0 Å². The molecule has 0 aromatic rings. The molecule has 1 heterocycles. The van der Waals surface area contributed by atoms with Crippen molar-refractivity contribution in [1.29, 1.82) is 0 Å². The molecule has 0 radical (unpaired) electrons. The summed E-state index contributed by atoms with van der Waals surface area (Å²) in [6, 6.07) is 0. The lowest BCUT2D eigenvalue weighted by Gasteiger charge is -2.30. The van der Waals surface area contributed by atoms with Crippen molar-refractivity contribution in [2.45, 2.75) is 24.9 Å². The van der Waals surface area contributed by atoms with Crippen LogP contribution in [0.3, 0.4) is 0 Å².